The van der Waals surface area contributed by atoms with Crippen LogP contribution in [-0.4, -0.2) is 22.8 Å². The van der Waals surface area contributed by atoms with Crippen LogP contribution in [0, 0.1) is 0 Å². The average Bonchev–Trinajstić information content (AvgIpc) is 2.56. The summed E-state index contributed by atoms with van der Waals surface area (Å²) in [5.74, 6) is -0.237. The largest absolute Gasteiger partial charge is 0.465 e. The third-order valence-electron chi connectivity index (χ3n) is 1.96. The van der Waals surface area contributed by atoms with Crippen LogP contribution in [0.15, 0.2) is 12.3 Å². The van der Waals surface area contributed by atoms with Gasteiger partial charge in [-0.15, -0.1) is 0 Å². The number of carbonyl (C=O) groups is 1. The lowest BCUT2D eigenvalue weighted by molar-refractivity contribution is -0.148. The summed E-state index contributed by atoms with van der Waals surface area (Å²) in [5, 5.41) is 6.56. The van der Waals surface area contributed by atoms with Crippen molar-refractivity contribution < 1.29 is 9.53 Å². The molecule has 0 unspecified atom stereocenters. The minimum atomic E-state index is -0.646. The Morgan fingerprint density at radius 3 is 2.85 bits per heavy atom. The number of rotatable bonds is 3. The maximum Gasteiger partial charge on any atom is 0.317 e. The molecular weight excluding hydrogens is 168 g/mol. The van der Waals surface area contributed by atoms with Crippen LogP contribution in [0.4, 0.5) is 0 Å². The molecule has 1 heterocycles. The molecule has 0 fully saturated rings. The zero-order valence-electron chi connectivity index (χ0n) is 8.13. The Labute approximate surface area is 77.3 Å². The summed E-state index contributed by atoms with van der Waals surface area (Å²) < 4.78 is 4.94. The predicted molar refractivity (Wildman–Crippen MR) is 48.2 cm³/mol. The number of H-pyrrole nitrogens is 1. The van der Waals surface area contributed by atoms with Crippen LogP contribution >= 0.6 is 0 Å². The first-order valence-electron chi connectivity index (χ1n) is 4.26. The van der Waals surface area contributed by atoms with Crippen LogP contribution in [0.25, 0.3) is 0 Å². The van der Waals surface area contributed by atoms with Crippen LogP contribution in [0.3, 0.4) is 0 Å². The normalized spacial score (nSPS) is 11.3. The number of aromatic amines is 1. The van der Waals surface area contributed by atoms with Crippen molar-refractivity contribution >= 4 is 5.97 Å². The van der Waals surface area contributed by atoms with Gasteiger partial charge < -0.3 is 4.74 Å². The SMILES string of the molecule is CCOC(=O)C(C)(C)c1ccn[nH]1. The number of carbonyl (C=O) groups excluding carboxylic acids is 1. The molecule has 0 radical (unpaired) electrons. The first kappa shape index (κ1) is 9.77. The first-order valence-corrected chi connectivity index (χ1v) is 4.26. The number of aromatic nitrogens is 2. The van der Waals surface area contributed by atoms with Crippen molar-refractivity contribution in [3.8, 4) is 0 Å². The maximum atomic E-state index is 11.5. The van der Waals surface area contributed by atoms with Gasteiger partial charge in [-0.05, 0) is 26.8 Å². The van der Waals surface area contributed by atoms with Gasteiger partial charge in [0.15, 0.2) is 0 Å². The Morgan fingerprint density at radius 1 is 1.69 bits per heavy atom. The molecule has 0 atom stereocenters. The summed E-state index contributed by atoms with van der Waals surface area (Å²) in [5.41, 5.74) is 0.123. The molecule has 4 heteroatoms. The highest BCUT2D eigenvalue weighted by Gasteiger charge is 2.32. The van der Waals surface area contributed by atoms with Crippen molar-refractivity contribution in [1.29, 1.82) is 0 Å². The molecule has 0 saturated carbocycles. The predicted octanol–water partition coefficient (Wildman–Crippen LogP) is 1.25. The van der Waals surface area contributed by atoms with E-state index in [1.54, 1.807) is 33.0 Å². The topological polar surface area (TPSA) is 55.0 Å². The lowest BCUT2D eigenvalue weighted by atomic mass is 9.90. The highest BCUT2D eigenvalue weighted by Crippen LogP contribution is 2.21. The van der Waals surface area contributed by atoms with Gasteiger partial charge in [0.25, 0.3) is 0 Å². The summed E-state index contributed by atoms with van der Waals surface area (Å²) in [4.78, 5) is 11.5. The smallest absolute Gasteiger partial charge is 0.317 e. The number of esters is 1. The third kappa shape index (κ3) is 1.88. The Balaban J connectivity index is 2.82. The Morgan fingerprint density at radius 2 is 2.38 bits per heavy atom. The van der Waals surface area contributed by atoms with E-state index in [9.17, 15) is 4.79 Å². The van der Waals surface area contributed by atoms with Crippen LogP contribution in [0.2, 0.25) is 0 Å². The molecular formula is C9H14N2O2. The van der Waals surface area contributed by atoms with E-state index in [-0.39, 0.29) is 5.97 Å². The van der Waals surface area contributed by atoms with Gasteiger partial charge in [-0.2, -0.15) is 5.10 Å². The second-order valence-corrected chi connectivity index (χ2v) is 3.32. The van der Waals surface area contributed by atoms with Crippen molar-refractivity contribution in [3.63, 3.8) is 0 Å². The zero-order valence-corrected chi connectivity index (χ0v) is 8.13. The van der Waals surface area contributed by atoms with Crippen molar-refractivity contribution in [3.05, 3.63) is 18.0 Å². The summed E-state index contributed by atoms with van der Waals surface area (Å²) in [6.07, 6.45) is 1.62. The van der Waals surface area contributed by atoms with Crippen molar-refractivity contribution in [2.45, 2.75) is 26.2 Å². The molecule has 1 rings (SSSR count). The van der Waals surface area contributed by atoms with E-state index in [1.165, 1.54) is 0 Å². The van der Waals surface area contributed by atoms with Gasteiger partial charge in [0, 0.05) is 6.20 Å². The summed E-state index contributed by atoms with van der Waals surface area (Å²) in [6, 6.07) is 1.77. The fourth-order valence-electron chi connectivity index (χ4n) is 1.03. The summed E-state index contributed by atoms with van der Waals surface area (Å²) in [7, 11) is 0. The lowest BCUT2D eigenvalue weighted by Gasteiger charge is -2.20. The van der Waals surface area contributed by atoms with E-state index >= 15 is 0 Å². The van der Waals surface area contributed by atoms with E-state index in [1.807, 2.05) is 0 Å². The lowest BCUT2D eigenvalue weighted by Crippen LogP contribution is -2.31. The summed E-state index contributed by atoms with van der Waals surface area (Å²) in [6.45, 7) is 5.80. The van der Waals surface area contributed by atoms with Crippen molar-refractivity contribution in [1.82, 2.24) is 10.2 Å². The molecule has 0 bridgehead atoms. The molecule has 4 nitrogen and oxygen atoms in total. The molecule has 13 heavy (non-hydrogen) atoms. The van der Waals surface area contributed by atoms with Crippen LogP contribution in [0.5, 0.6) is 0 Å². The van der Waals surface area contributed by atoms with Crippen LogP contribution in [-0.2, 0) is 14.9 Å². The van der Waals surface area contributed by atoms with Gasteiger partial charge in [0.2, 0.25) is 0 Å². The van der Waals surface area contributed by atoms with Crippen LogP contribution < -0.4 is 0 Å². The zero-order chi connectivity index (χ0) is 9.90. The average molecular weight is 182 g/mol. The molecule has 1 aromatic rings. The van der Waals surface area contributed by atoms with Crippen molar-refractivity contribution in [2.75, 3.05) is 6.61 Å². The van der Waals surface area contributed by atoms with Gasteiger partial charge in [0.05, 0.1) is 12.3 Å². The molecule has 0 aliphatic heterocycles. The quantitative estimate of drug-likeness (QED) is 0.716. The second kappa shape index (κ2) is 3.60. The van der Waals surface area contributed by atoms with Gasteiger partial charge in [-0.1, -0.05) is 0 Å². The first-order chi connectivity index (χ1) is 6.09. The van der Waals surface area contributed by atoms with E-state index in [0.717, 1.165) is 5.69 Å². The standard InChI is InChI=1S/C9H14N2O2/c1-4-13-8(12)9(2,3)7-5-6-10-11-7/h5-6H,4H2,1-3H3,(H,10,11). The Bertz CT molecular complexity index is 278. The minimum absolute atomic E-state index is 0.237. The van der Waals surface area contributed by atoms with Gasteiger partial charge in [0.1, 0.15) is 5.41 Å². The highest BCUT2D eigenvalue weighted by molar-refractivity contribution is 5.81. The molecule has 0 saturated heterocycles. The third-order valence-corrected chi connectivity index (χ3v) is 1.96. The number of hydrogen-bond acceptors (Lipinski definition) is 3. The number of nitrogens with one attached hydrogen (secondary N) is 1. The van der Waals surface area contributed by atoms with Crippen LogP contribution in [0.1, 0.15) is 26.5 Å². The molecule has 1 aromatic heterocycles. The number of nitrogens with zero attached hydrogens (tertiary/aromatic N) is 1. The van der Waals surface area contributed by atoms with Gasteiger partial charge >= 0.3 is 5.97 Å². The molecule has 0 aliphatic carbocycles. The molecule has 1 N–H and O–H groups in total. The minimum Gasteiger partial charge on any atom is -0.465 e. The van der Waals surface area contributed by atoms with E-state index in [0.29, 0.717) is 6.61 Å². The van der Waals surface area contributed by atoms with Crippen molar-refractivity contribution in [2.24, 2.45) is 0 Å². The number of hydrogen-bond donors (Lipinski definition) is 1. The molecule has 0 aliphatic rings. The Kier molecular flexibility index (Phi) is 2.70. The van der Waals surface area contributed by atoms with E-state index in [4.69, 9.17) is 4.74 Å². The maximum absolute atomic E-state index is 11.5. The second-order valence-electron chi connectivity index (χ2n) is 3.32. The molecule has 72 valence electrons. The van der Waals surface area contributed by atoms with E-state index in [2.05, 4.69) is 10.2 Å². The fraction of sp³-hybridized carbons (Fsp3) is 0.556. The molecule has 0 spiro atoms. The van der Waals surface area contributed by atoms with E-state index < -0.39 is 5.41 Å². The number of ether oxygens (including phenoxy) is 1. The van der Waals surface area contributed by atoms with Gasteiger partial charge in [-0.3, -0.25) is 9.89 Å². The Hall–Kier alpha value is -1.32. The molecule has 0 amide bonds. The fourth-order valence-corrected chi connectivity index (χ4v) is 1.03. The summed E-state index contributed by atoms with van der Waals surface area (Å²) >= 11 is 0. The highest BCUT2D eigenvalue weighted by atomic mass is 16.5. The molecule has 0 aromatic carbocycles. The van der Waals surface area contributed by atoms with Gasteiger partial charge in [-0.25, -0.2) is 0 Å². The monoisotopic (exact) mass is 182 g/mol.